The molecule has 9 nitrogen and oxygen atoms in total. The van der Waals surface area contributed by atoms with E-state index in [1.54, 1.807) is 30.3 Å². The minimum absolute atomic E-state index is 0.161. The molecule has 1 saturated carbocycles. The summed E-state index contributed by atoms with van der Waals surface area (Å²) in [5, 5.41) is 5.60. The van der Waals surface area contributed by atoms with Crippen LogP contribution in [0.15, 0.2) is 60.8 Å². The zero-order valence-corrected chi connectivity index (χ0v) is 20.0. The van der Waals surface area contributed by atoms with Crippen LogP contribution in [0.4, 0.5) is 15.8 Å². The molecule has 1 aliphatic carbocycles. The first kappa shape index (κ1) is 24.5. The van der Waals surface area contributed by atoms with Gasteiger partial charge in [0, 0.05) is 24.2 Å². The highest BCUT2D eigenvalue weighted by Crippen LogP contribution is 2.43. The predicted octanol–water partition coefficient (Wildman–Crippen LogP) is 3.04. The van der Waals surface area contributed by atoms with Gasteiger partial charge >= 0.3 is 0 Å². The normalized spacial score (nSPS) is 16.6. The molecule has 190 valence electrons. The Morgan fingerprint density at radius 1 is 1.00 bits per heavy atom. The summed E-state index contributed by atoms with van der Waals surface area (Å²) in [7, 11) is 0. The van der Waals surface area contributed by atoms with Crippen LogP contribution in [0.5, 0.6) is 0 Å². The number of rotatable bonds is 7. The van der Waals surface area contributed by atoms with Crippen LogP contribution in [0.25, 0.3) is 11.3 Å². The standard InChI is InChI=1S/C27H26FN5O4/c28-21-4-2-1-3-19(21)22-8-6-18(16-30-22)31-25(35)20-7-5-17(24(29)34)15-23(20)32-26(36)27(9-10-27)33-11-13-37-14-12-33/h1-8,15-16H,9-14H2,(H2,29,34)(H,31,35)(H,32,36). The summed E-state index contributed by atoms with van der Waals surface area (Å²) in [6.07, 6.45) is 2.83. The number of amides is 3. The average Bonchev–Trinajstić information content (AvgIpc) is 3.72. The number of benzene rings is 2. The summed E-state index contributed by atoms with van der Waals surface area (Å²) >= 11 is 0. The molecule has 37 heavy (non-hydrogen) atoms. The highest BCUT2D eigenvalue weighted by molar-refractivity contribution is 6.12. The minimum Gasteiger partial charge on any atom is -0.379 e. The first-order valence-electron chi connectivity index (χ1n) is 12.0. The molecule has 3 amide bonds. The first-order chi connectivity index (χ1) is 17.9. The van der Waals surface area contributed by atoms with Crippen molar-refractivity contribution in [3.8, 4) is 11.3 Å². The van der Waals surface area contributed by atoms with Gasteiger partial charge in [0.25, 0.3) is 5.91 Å². The monoisotopic (exact) mass is 503 g/mol. The van der Waals surface area contributed by atoms with E-state index < -0.39 is 23.2 Å². The second-order valence-electron chi connectivity index (χ2n) is 9.08. The van der Waals surface area contributed by atoms with E-state index in [4.69, 9.17) is 10.5 Å². The van der Waals surface area contributed by atoms with Crippen molar-refractivity contribution in [1.29, 1.82) is 0 Å². The molecule has 0 bridgehead atoms. The summed E-state index contributed by atoms with van der Waals surface area (Å²) in [4.78, 5) is 44.7. The fourth-order valence-corrected chi connectivity index (χ4v) is 4.53. The van der Waals surface area contributed by atoms with E-state index in [-0.39, 0.29) is 22.7 Å². The van der Waals surface area contributed by atoms with Crippen molar-refractivity contribution in [2.24, 2.45) is 5.73 Å². The Morgan fingerprint density at radius 3 is 2.41 bits per heavy atom. The second-order valence-corrected chi connectivity index (χ2v) is 9.08. The van der Waals surface area contributed by atoms with E-state index in [1.807, 2.05) is 0 Å². The number of carbonyl (C=O) groups is 3. The average molecular weight is 504 g/mol. The van der Waals surface area contributed by atoms with E-state index in [1.165, 1.54) is 30.5 Å². The van der Waals surface area contributed by atoms with Gasteiger partial charge in [-0.15, -0.1) is 0 Å². The summed E-state index contributed by atoms with van der Waals surface area (Å²) in [6.45, 7) is 2.42. The van der Waals surface area contributed by atoms with Gasteiger partial charge in [-0.05, 0) is 55.3 Å². The van der Waals surface area contributed by atoms with Gasteiger partial charge < -0.3 is 21.1 Å². The molecule has 2 fully saturated rings. The third kappa shape index (κ3) is 5.07. The van der Waals surface area contributed by atoms with Crippen molar-refractivity contribution in [3.63, 3.8) is 0 Å². The third-order valence-corrected chi connectivity index (χ3v) is 6.73. The zero-order valence-electron chi connectivity index (χ0n) is 20.0. The van der Waals surface area contributed by atoms with Crippen LogP contribution in [-0.2, 0) is 9.53 Å². The number of carbonyl (C=O) groups excluding carboxylic acids is 3. The number of ether oxygens (including phenoxy) is 1. The van der Waals surface area contributed by atoms with Crippen molar-refractivity contribution in [2.45, 2.75) is 18.4 Å². The van der Waals surface area contributed by atoms with Gasteiger partial charge in [-0.25, -0.2) is 4.39 Å². The number of hydrogen-bond donors (Lipinski definition) is 3. The maximum atomic E-state index is 14.1. The van der Waals surface area contributed by atoms with Crippen LogP contribution in [0.2, 0.25) is 0 Å². The lowest BCUT2D eigenvalue weighted by Crippen LogP contribution is -2.51. The molecule has 2 heterocycles. The summed E-state index contributed by atoms with van der Waals surface area (Å²) in [6, 6.07) is 13.8. The molecule has 3 aromatic rings. The van der Waals surface area contributed by atoms with Crippen LogP contribution in [-0.4, -0.2) is 59.4 Å². The molecular formula is C27H26FN5O4. The van der Waals surface area contributed by atoms with Gasteiger partial charge in [0.1, 0.15) is 11.4 Å². The largest absolute Gasteiger partial charge is 0.379 e. The fourth-order valence-electron chi connectivity index (χ4n) is 4.53. The van der Waals surface area contributed by atoms with Crippen LogP contribution in [0, 0.1) is 5.82 Å². The smallest absolute Gasteiger partial charge is 0.257 e. The van der Waals surface area contributed by atoms with Crippen molar-refractivity contribution in [1.82, 2.24) is 9.88 Å². The van der Waals surface area contributed by atoms with E-state index in [0.717, 1.165) is 0 Å². The van der Waals surface area contributed by atoms with E-state index in [2.05, 4.69) is 20.5 Å². The van der Waals surface area contributed by atoms with Crippen molar-refractivity contribution >= 4 is 29.1 Å². The van der Waals surface area contributed by atoms with Crippen LogP contribution < -0.4 is 16.4 Å². The quantitative estimate of drug-likeness (QED) is 0.455. The zero-order chi connectivity index (χ0) is 26.0. The van der Waals surface area contributed by atoms with Crippen molar-refractivity contribution < 1.29 is 23.5 Å². The Morgan fingerprint density at radius 2 is 1.76 bits per heavy atom. The summed E-state index contributed by atoms with van der Waals surface area (Å²) in [5.74, 6) is -1.82. The number of aromatic nitrogens is 1. The molecule has 10 heteroatoms. The molecule has 0 radical (unpaired) electrons. The number of nitrogens with two attached hydrogens (primary N) is 1. The number of anilines is 2. The highest BCUT2D eigenvalue weighted by Gasteiger charge is 2.54. The lowest BCUT2D eigenvalue weighted by molar-refractivity contribution is -0.124. The third-order valence-electron chi connectivity index (χ3n) is 6.73. The molecule has 2 aliphatic rings. The maximum Gasteiger partial charge on any atom is 0.257 e. The number of morpholine rings is 1. The predicted molar refractivity (Wildman–Crippen MR) is 136 cm³/mol. The van der Waals surface area contributed by atoms with Crippen molar-refractivity contribution in [2.75, 3.05) is 36.9 Å². The molecule has 1 aromatic heterocycles. The Kier molecular flexibility index (Phi) is 6.68. The van der Waals surface area contributed by atoms with Gasteiger partial charge in [0.2, 0.25) is 11.8 Å². The number of hydrogen-bond acceptors (Lipinski definition) is 6. The molecule has 0 unspecified atom stereocenters. The fraction of sp³-hybridized carbons (Fsp3) is 0.259. The second kappa shape index (κ2) is 10.1. The highest BCUT2D eigenvalue weighted by atomic mass is 19.1. The molecule has 5 rings (SSSR count). The molecule has 1 aliphatic heterocycles. The van der Waals surface area contributed by atoms with Gasteiger partial charge in [-0.3, -0.25) is 24.3 Å². The van der Waals surface area contributed by atoms with Crippen LogP contribution in [0.1, 0.15) is 33.6 Å². The summed E-state index contributed by atoms with van der Waals surface area (Å²) < 4.78 is 19.5. The lowest BCUT2D eigenvalue weighted by atomic mass is 10.1. The van der Waals surface area contributed by atoms with Crippen LogP contribution >= 0.6 is 0 Å². The molecular weight excluding hydrogens is 477 g/mol. The number of primary amides is 1. The van der Waals surface area contributed by atoms with E-state index in [9.17, 15) is 18.8 Å². The lowest BCUT2D eigenvalue weighted by Gasteiger charge is -2.34. The summed E-state index contributed by atoms with van der Waals surface area (Å²) in [5.41, 5.74) is 6.47. The van der Waals surface area contributed by atoms with Gasteiger partial charge in [-0.2, -0.15) is 0 Å². The van der Waals surface area contributed by atoms with Gasteiger partial charge in [0.15, 0.2) is 0 Å². The molecule has 2 aromatic carbocycles. The van der Waals surface area contributed by atoms with E-state index in [0.29, 0.717) is 56.1 Å². The van der Waals surface area contributed by atoms with Gasteiger partial charge in [0.05, 0.1) is 42.0 Å². The maximum absolute atomic E-state index is 14.1. The Bertz CT molecular complexity index is 1350. The number of pyridine rings is 1. The Labute approximate surface area is 212 Å². The Hall–Kier alpha value is -4.15. The van der Waals surface area contributed by atoms with Crippen molar-refractivity contribution in [3.05, 3.63) is 77.7 Å². The number of halogens is 1. The molecule has 1 saturated heterocycles. The van der Waals surface area contributed by atoms with Gasteiger partial charge in [-0.1, -0.05) is 12.1 Å². The Balaban J connectivity index is 1.36. The number of nitrogens with one attached hydrogen (secondary N) is 2. The molecule has 0 atom stereocenters. The SMILES string of the molecule is NC(=O)c1ccc(C(=O)Nc2ccc(-c3ccccc3F)nc2)c(NC(=O)C2(N3CCOCC3)CC2)c1. The topological polar surface area (TPSA) is 127 Å². The molecule has 0 spiro atoms. The molecule has 4 N–H and O–H groups in total. The number of nitrogens with zero attached hydrogens (tertiary/aromatic N) is 2. The van der Waals surface area contributed by atoms with Crippen LogP contribution in [0.3, 0.4) is 0 Å². The first-order valence-corrected chi connectivity index (χ1v) is 12.0. The van der Waals surface area contributed by atoms with E-state index >= 15 is 0 Å². The minimum atomic E-state index is -0.676.